The number of nitrogens with one attached hydrogen (secondary N) is 1. The molecule has 10 nitrogen and oxygen atoms in total. The van der Waals surface area contributed by atoms with E-state index >= 15 is 0 Å². The molecule has 0 saturated heterocycles. The fourth-order valence-corrected chi connectivity index (χ4v) is 5.11. The molecule has 6 aromatic rings. The van der Waals surface area contributed by atoms with Crippen LogP contribution in [0.5, 0.6) is 0 Å². The number of aliphatic hydroxyl groups is 2. The number of nitrogens with zero attached hydrogens (tertiary/aromatic N) is 4. The zero-order chi connectivity index (χ0) is 28.0. The lowest BCUT2D eigenvalue weighted by molar-refractivity contribution is 0.0783. The maximum atomic E-state index is 13.3. The summed E-state index contributed by atoms with van der Waals surface area (Å²) in [6, 6.07) is 18.4. The van der Waals surface area contributed by atoms with Crippen molar-refractivity contribution in [2.24, 2.45) is 5.73 Å². The molecule has 200 valence electrons. The minimum absolute atomic E-state index is 0.142. The summed E-state index contributed by atoms with van der Waals surface area (Å²) >= 11 is 0. The lowest BCUT2D eigenvalue weighted by Crippen LogP contribution is -2.19. The van der Waals surface area contributed by atoms with Crippen LogP contribution in [-0.2, 0) is 6.54 Å². The predicted molar refractivity (Wildman–Crippen MR) is 152 cm³/mol. The van der Waals surface area contributed by atoms with E-state index in [2.05, 4.69) is 15.1 Å². The molecule has 0 aliphatic heterocycles. The highest BCUT2D eigenvalue weighted by Crippen LogP contribution is 2.37. The Hall–Kier alpha value is -5.06. The van der Waals surface area contributed by atoms with Crippen molar-refractivity contribution in [3.05, 3.63) is 101 Å². The van der Waals surface area contributed by atoms with Gasteiger partial charge in [-0.15, -0.1) is 0 Å². The Labute approximate surface area is 228 Å². The molecule has 0 aliphatic carbocycles. The lowest BCUT2D eigenvalue weighted by Gasteiger charge is -2.15. The van der Waals surface area contributed by atoms with E-state index in [0.717, 1.165) is 27.6 Å². The van der Waals surface area contributed by atoms with Crippen molar-refractivity contribution >= 4 is 27.7 Å². The summed E-state index contributed by atoms with van der Waals surface area (Å²) in [6.45, 7) is 1.72. The summed E-state index contributed by atoms with van der Waals surface area (Å²) in [5.74, 6) is -0.564. The lowest BCUT2D eigenvalue weighted by atomic mass is 9.94. The molecule has 0 bridgehead atoms. The van der Waals surface area contributed by atoms with Gasteiger partial charge in [-0.2, -0.15) is 5.10 Å². The molecule has 1 unspecified atom stereocenters. The van der Waals surface area contributed by atoms with Gasteiger partial charge in [0.1, 0.15) is 6.33 Å². The second kappa shape index (κ2) is 9.92. The highest BCUT2D eigenvalue weighted by molar-refractivity contribution is 6.10. The Balaban J connectivity index is 1.50. The van der Waals surface area contributed by atoms with Crippen LogP contribution in [0, 0.1) is 6.92 Å². The summed E-state index contributed by atoms with van der Waals surface area (Å²) in [5.41, 5.74) is 11.9. The number of amides is 1. The molecule has 40 heavy (non-hydrogen) atoms. The Kier molecular flexibility index (Phi) is 6.25. The SMILES string of the molecule is Cc1c(-c2ccc(C(N)=O)c3[nH]c(-c4cnn(CC(O)CO)c4)cc23)cccc1-n1cnc2ccccc2c1=O. The largest absolute Gasteiger partial charge is 0.394 e. The molecule has 1 amide bonds. The molecule has 6 rings (SSSR count). The second-order valence-corrected chi connectivity index (χ2v) is 9.67. The molecule has 0 fully saturated rings. The van der Waals surface area contributed by atoms with Gasteiger partial charge in [-0.05, 0) is 53.9 Å². The minimum Gasteiger partial charge on any atom is -0.394 e. The van der Waals surface area contributed by atoms with Crippen LogP contribution in [0.4, 0.5) is 0 Å². The molecule has 3 aromatic carbocycles. The third-order valence-electron chi connectivity index (χ3n) is 7.13. The zero-order valence-corrected chi connectivity index (χ0v) is 21.6. The smallest absolute Gasteiger partial charge is 0.265 e. The fourth-order valence-electron chi connectivity index (χ4n) is 5.11. The molecular formula is C30H26N6O4. The first-order valence-electron chi connectivity index (χ1n) is 12.7. The minimum atomic E-state index is -0.927. The molecular weight excluding hydrogens is 508 g/mol. The quantitative estimate of drug-likeness (QED) is 0.247. The van der Waals surface area contributed by atoms with Crippen molar-refractivity contribution in [3.63, 3.8) is 0 Å². The van der Waals surface area contributed by atoms with Gasteiger partial charge < -0.3 is 20.9 Å². The average molecular weight is 535 g/mol. The number of aromatic nitrogens is 5. The molecule has 5 N–H and O–H groups in total. The van der Waals surface area contributed by atoms with Gasteiger partial charge in [0.15, 0.2) is 0 Å². The third-order valence-corrected chi connectivity index (χ3v) is 7.13. The van der Waals surface area contributed by atoms with Gasteiger partial charge in [0.05, 0.1) is 53.1 Å². The highest BCUT2D eigenvalue weighted by Gasteiger charge is 2.19. The first kappa shape index (κ1) is 25.2. The van der Waals surface area contributed by atoms with E-state index in [1.54, 1.807) is 40.1 Å². The fraction of sp³-hybridized carbons (Fsp3) is 0.133. The molecule has 0 radical (unpaired) electrons. The molecule has 1 atom stereocenters. The number of primary amides is 1. The number of hydrogen-bond acceptors (Lipinski definition) is 6. The van der Waals surface area contributed by atoms with Crippen LogP contribution in [0.2, 0.25) is 0 Å². The maximum absolute atomic E-state index is 13.3. The standard InChI is InChI=1S/C30H26N6O4/c1-17-20(6-4-8-27(17)36-16-32-25-7-3-2-5-22(25)30(36)40)21-9-10-23(29(31)39)28-24(21)11-26(34-28)18-12-33-35(13-18)14-19(38)15-37/h2-13,16,19,34,37-38H,14-15H2,1H3,(H2,31,39). The van der Waals surface area contributed by atoms with E-state index in [0.29, 0.717) is 33.4 Å². The van der Waals surface area contributed by atoms with Crippen molar-refractivity contribution < 1.29 is 15.0 Å². The Morgan fingerprint density at radius 1 is 1.07 bits per heavy atom. The van der Waals surface area contributed by atoms with Crippen LogP contribution < -0.4 is 11.3 Å². The van der Waals surface area contributed by atoms with Gasteiger partial charge in [-0.3, -0.25) is 18.8 Å². The van der Waals surface area contributed by atoms with Crippen LogP contribution in [0.15, 0.2) is 84.2 Å². The third kappa shape index (κ3) is 4.25. The van der Waals surface area contributed by atoms with Crippen LogP contribution in [0.25, 0.3) is 49.9 Å². The average Bonchev–Trinajstić information content (AvgIpc) is 3.61. The zero-order valence-electron chi connectivity index (χ0n) is 21.6. The molecule has 3 heterocycles. The van der Waals surface area contributed by atoms with Gasteiger partial charge >= 0.3 is 0 Å². The Morgan fingerprint density at radius 2 is 1.90 bits per heavy atom. The van der Waals surface area contributed by atoms with Crippen molar-refractivity contribution in [1.29, 1.82) is 0 Å². The number of aromatic amines is 1. The second-order valence-electron chi connectivity index (χ2n) is 9.67. The number of H-pyrrole nitrogens is 1. The summed E-state index contributed by atoms with van der Waals surface area (Å²) in [5, 5.41) is 24.5. The van der Waals surface area contributed by atoms with Crippen molar-refractivity contribution in [2.75, 3.05) is 6.61 Å². The summed E-state index contributed by atoms with van der Waals surface area (Å²) < 4.78 is 3.09. The number of fused-ring (bicyclic) bond motifs is 2. The first-order chi connectivity index (χ1) is 19.4. The van der Waals surface area contributed by atoms with Crippen LogP contribution >= 0.6 is 0 Å². The molecule has 10 heteroatoms. The number of carbonyl (C=O) groups excluding carboxylic acids is 1. The molecule has 0 saturated carbocycles. The summed E-state index contributed by atoms with van der Waals surface area (Å²) in [7, 11) is 0. The molecule has 0 spiro atoms. The highest BCUT2D eigenvalue weighted by atomic mass is 16.3. The predicted octanol–water partition coefficient (Wildman–Crippen LogP) is 3.16. The van der Waals surface area contributed by atoms with Crippen molar-refractivity contribution in [3.8, 4) is 28.1 Å². The van der Waals surface area contributed by atoms with E-state index < -0.39 is 12.0 Å². The number of benzene rings is 3. The summed E-state index contributed by atoms with van der Waals surface area (Å²) in [6.07, 6.45) is 4.01. The maximum Gasteiger partial charge on any atom is 0.265 e. The van der Waals surface area contributed by atoms with Gasteiger partial charge in [-0.25, -0.2) is 4.98 Å². The van der Waals surface area contributed by atoms with E-state index in [1.807, 2.05) is 55.5 Å². The van der Waals surface area contributed by atoms with Crippen molar-refractivity contribution in [2.45, 2.75) is 19.6 Å². The Morgan fingerprint density at radius 3 is 2.70 bits per heavy atom. The van der Waals surface area contributed by atoms with Crippen molar-refractivity contribution in [1.82, 2.24) is 24.3 Å². The van der Waals surface area contributed by atoms with E-state index in [1.165, 1.54) is 0 Å². The van der Waals surface area contributed by atoms with Crippen LogP contribution in [-0.4, -0.2) is 53.1 Å². The topological polar surface area (TPSA) is 152 Å². The van der Waals surface area contributed by atoms with Gasteiger partial charge in [0.25, 0.3) is 11.5 Å². The Bertz CT molecular complexity index is 1970. The van der Waals surface area contributed by atoms with E-state index in [9.17, 15) is 14.7 Å². The normalized spacial score (nSPS) is 12.3. The summed E-state index contributed by atoms with van der Waals surface area (Å²) in [4.78, 5) is 33.4. The van der Waals surface area contributed by atoms with E-state index in [4.69, 9.17) is 10.8 Å². The monoisotopic (exact) mass is 534 g/mol. The number of carbonyl (C=O) groups is 1. The van der Waals surface area contributed by atoms with E-state index in [-0.39, 0.29) is 18.7 Å². The van der Waals surface area contributed by atoms with Gasteiger partial charge in [0.2, 0.25) is 0 Å². The molecule has 3 aromatic heterocycles. The van der Waals surface area contributed by atoms with Crippen LogP contribution in [0.3, 0.4) is 0 Å². The first-order valence-corrected chi connectivity index (χ1v) is 12.7. The number of rotatable bonds is 7. The van der Waals surface area contributed by atoms with Gasteiger partial charge in [-0.1, -0.05) is 30.3 Å². The molecule has 0 aliphatic rings. The number of aliphatic hydroxyl groups excluding tert-OH is 2. The number of nitrogens with two attached hydrogens (primary N) is 1. The van der Waals surface area contributed by atoms with Gasteiger partial charge in [0, 0.05) is 22.8 Å². The van der Waals surface area contributed by atoms with Crippen LogP contribution in [0.1, 0.15) is 15.9 Å². The number of para-hydroxylation sites is 1. The number of hydrogen-bond donors (Lipinski definition) is 4.